The summed E-state index contributed by atoms with van der Waals surface area (Å²) in [5.74, 6) is -4.79. The molecule has 1 atom stereocenters. The molecule has 0 saturated heterocycles. The van der Waals surface area contributed by atoms with Crippen LogP contribution in [0.1, 0.15) is 18.4 Å². The van der Waals surface area contributed by atoms with Gasteiger partial charge in [-0.3, -0.25) is 9.69 Å². The molecule has 0 fully saturated rings. The number of rotatable bonds is 4. The fourth-order valence-corrected chi connectivity index (χ4v) is 2.25. The van der Waals surface area contributed by atoms with Crippen molar-refractivity contribution in [3.63, 3.8) is 0 Å². The number of carbonyl (C=O) groups is 1. The van der Waals surface area contributed by atoms with Crippen molar-refractivity contribution in [1.82, 2.24) is 4.98 Å². The van der Waals surface area contributed by atoms with Gasteiger partial charge in [-0.1, -0.05) is 12.1 Å². The highest BCUT2D eigenvalue weighted by Crippen LogP contribution is 2.28. The molecule has 1 amide bonds. The third kappa shape index (κ3) is 4.06. The lowest BCUT2D eigenvalue weighted by molar-refractivity contribution is -0.133. The fourth-order valence-electron chi connectivity index (χ4n) is 2.25. The van der Waals surface area contributed by atoms with E-state index in [2.05, 4.69) is 4.98 Å². The maximum absolute atomic E-state index is 13.8. The average Bonchev–Trinajstić information content (AvgIpc) is 2.51. The number of hydrogen-bond acceptors (Lipinski definition) is 2. The van der Waals surface area contributed by atoms with Crippen LogP contribution in [0.4, 0.5) is 27.8 Å². The number of carbonyl (C=O) groups excluding carboxylic acids is 1. The number of hydrogen-bond donors (Lipinski definition) is 0. The van der Waals surface area contributed by atoms with Crippen molar-refractivity contribution in [3.8, 4) is 0 Å². The van der Waals surface area contributed by atoms with Gasteiger partial charge in [0.2, 0.25) is 5.91 Å². The van der Waals surface area contributed by atoms with Gasteiger partial charge >= 0.3 is 6.18 Å². The van der Waals surface area contributed by atoms with Crippen molar-refractivity contribution in [2.24, 2.45) is 0 Å². The summed E-state index contributed by atoms with van der Waals surface area (Å²) in [5.41, 5.74) is -0.578. The van der Waals surface area contributed by atoms with Gasteiger partial charge in [0.05, 0.1) is 5.92 Å². The lowest BCUT2D eigenvalue weighted by Crippen LogP contribution is -2.42. The Hall–Kier alpha value is -2.51. The predicted octanol–water partition coefficient (Wildman–Crippen LogP) is 4.06. The largest absolute Gasteiger partial charge is 0.406 e. The van der Waals surface area contributed by atoms with Crippen LogP contribution in [0.3, 0.4) is 0 Å². The normalized spacial score (nSPS) is 12.8. The molecule has 0 spiro atoms. The van der Waals surface area contributed by atoms with Crippen LogP contribution in [0.2, 0.25) is 0 Å². The molecule has 0 radical (unpaired) electrons. The Kier molecular flexibility index (Phi) is 5.16. The average molecular weight is 344 g/mol. The Morgan fingerprint density at radius 1 is 1.12 bits per heavy atom. The summed E-state index contributed by atoms with van der Waals surface area (Å²) in [6, 6.07) is 7.09. The molecule has 24 heavy (non-hydrogen) atoms. The summed E-state index contributed by atoms with van der Waals surface area (Å²) in [5, 5.41) is 0. The van der Waals surface area contributed by atoms with Gasteiger partial charge in [-0.25, -0.2) is 13.8 Å². The number of halogens is 5. The van der Waals surface area contributed by atoms with Gasteiger partial charge in [-0.15, -0.1) is 0 Å². The first-order valence-electron chi connectivity index (χ1n) is 6.94. The van der Waals surface area contributed by atoms with Gasteiger partial charge < -0.3 is 0 Å². The maximum Gasteiger partial charge on any atom is 0.406 e. The van der Waals surface area contributed by atoms with Crippen molar-refractivity contribution in [3.05, 3.63) is 59.8 Å². The second-order valence-electron chi connectivity index (χ2n) is 5.08. The highest BCUT2D eigenvalue weighted by atomic mass is 19.4. The molecule has 0 saturated carbocycles. The zero-order valence-electron chi connectivity index (χ0n) is 12.5. The molecule has 2 aromatic rings. The fraction of sp³-hybridized carbons (Fsp3) is 0.250. The number of pyridine rings is 1. The van der Waals surface area contributed by atoms with Crippen LogP contribution >= 0.6 is 0 Å². The van der Waals surface area contributed by atoms with E-state index in [0.717, 1.165) is 25.1 Å². The quantitative estimate of drug-likeness (QED) is 0.784. The summed E-state index contributed by atoms with van der Waals surface area (Å²) in [6.45, 7) is -0.459. The first-order valence-corrected chi connectivity index (χ1v) is 6.94. The molecule has 128 valence electrons. The Morgan fingerprint density at radius 2 is 1.75 bits per heavy atom. The standard InChI is InChI=1S/C16H13F5N2O/c1-10(14-11(17)5-4-6-12(14)18)15(24)23(9-16(19,20)21)13-7-2-3-8-22-13/h2-8,10H,9H2,1H3/t10-/m0/s1. The van der Waals surface area contributed by atoms with E-state index in [1.807, 2.05) is 0 Å². The molecule has 0 unspecified atom stereocenters. The summed E-state index contributed by atoms with van der Waals surface area (Å²) in [4.78, 5) is 16.6. The summed E-state index contributed by atoms with van der Waals surface area (Å²) < 4.78 is 66.1. The molecule has 1 aromatic carbocycles. The Labute approximate surface area is 134 Å². The highest BCUT2D eigenvalue weighted by molar-refractivity contribution is 5.97. The molecule has 1 heterocycles. The zero-order valence-corrected chi connectivity index (χ0v) is 12.5. The first-order chi connectivity index (χ1) is 11.2. The molecule has 3 nitrogen and oxygen atoms in total. The predicted molar refractivity (Wildman–Crippen MR) is 77.4 cm³/mol. The van der Waals surface area contributed by atoms with Crippen LogP contribution in [-0.2, 0) is 4.79 Å². The van der Waals surface area contributed by atoms with Crippen LogP contribution in [0.5, 0.6) is 0 Å². The van der Waals surface area contributed by atoms with Gasteiger partial charge in [0.1, 0.15) is 24.0 Å². The van der Waals surface area contributed by atoms with Crippen molar-refractivity contribution in [2.75, 3.05) is 11.4 Å². The SMILES string of the molecule is C[C@H](C(=O)N(CC(F)(F)F)c1ccccn1)c1c(F)cccc1F. The zero-order chi connectivity index (χ0) is 17.9. The Morgan fingerprint density at radius 3 is 2.25 bits per heavy atom. The lowest BCUT2D eigenvalue weighted by Gasteiger charge is -2.26. The van der Waals surface area contributed by atoms with E-state index in [1.165, 1.54) is 24.4 Å². The van der Waals surface area contributed by atoms with Gasteiger partial charge in [0.15, 0.2) is 0 Å². The topological polar surface area (TPSA) is 33.2 Å². The van der Waals surface area contributed by atoms with E-state index in [9.17, 15) is 26.7 Å². The summed E-state index contributed by atoms with van der Waals surface area (Å²) in [6.07, 6.45) is -3.47. The van der Waals surface area contributed by atoms with Crippen molar-refractivity contribution >= 4 is 11.7 Å². The molecule has 0 aliphatic carbocycles. The third-order valence-electron chi connectivity index (χ3n) is 3.33. The van der Waals surface area contributed by atoms with E-state index in [4.69, 9.17) is 0 Å². The number of benzene rings is 1. The number of nitrogens with zero attached hydrogens (tertiary/aromatic N) is 2. The Balaban J connectivity index is 2.41. The molecular weight excluding hydrogens is 331 g/mol. The summed E-state index contributed by atoms with van der Waals surface area (Å²) >= 11 is 0. The number of amides is 1. The molecule has 8 heteroatoms. The van der Waals surface area contributed by atoms with Gasteiger partial charge in [-0.05, 0) is 31.2 Å². The third-order valence-corrected chi connectivity index (χ3v) is 3.33. The first kappa shape index (κ1) is 17.8. The summed E-state index contributed by atoms with van der Waals surface area (Å²) in [7, 11) is 0. The molecular formula is C16H13F5N2O. The van der Waals surface area contributed by atoms with E-state index >= 15 is 0 Å². The van der Waals surface area contributed by atoms with Crippen molar-refractivity contribution in [2.45, 2.75) is 19.0 Å². The number of alkyl halides is 3. The van der Waals surface area contributed by atoms with Crippen LogP contribution < -0.4 is 4.90 Å². The van der Waals surface area contributed by atoms with Crippen LogP contribution in [0, 0.1) is 11.6 Å². The molecule has 0 bridgehead atoms. The minimum absolute atomic E-state index is 0.247. The van der Waals surface area contributed by atoms with Gasteiger partial charge in [-0.2, -0.15) is 13.2 Å². The van der Waals surface area contributed by atoms with E-state index in [-0.39, 0.29) is 5.82 Å². The van der Waals surface area contributed by atoms with Crippen molar-refractivity contribution < 1.29 is 26.7 Å². The van der Waals surface area contributed by atoms with Crippen LogP contribution in [0.15, 0.2) is 42.6 Å². The van der Waals surface area contributed by atoms with Gasteiger partial charge in [0, 0.05) is 11.8 Å². The molecule has 0 aliphatic heterocycles. The maximum atomic E-state index is 13.8. The molecule has 0 N–H and O–H groups in total. The minimum Gasteiger partial charge on any atom is -0.287 e. The molecule has 0 aliphatic rings. The minimum atomic E-state index is -4.69. The number of anilines is 1. The monoisotopic (exact) mass is 344 g/mol. The highest BCUT2D eigenvalue weighted by Gasteiger charge is 2.37. The van der Waals surface area contributed by atoms with Gasteiger partial charge in [0.25, 0.3) is 0 Å². The van der Waals surface area contributed by atoms with Crippen molar-refractivity contribution in [1.29, 1.82) is 0 Å². The van der Waals surface area contributed by atoms with Crippen LogP contribution in [0.25, 0.3) is 0 Å². The smallest absolute Gasteiger partial charge is 0.287 e. The van der Waals surface area contributed by atoms with Crippen LogP contribution in [-0.4, -0.2) is 23.6 Å². The van der Waals surface area contributed by atoms with E-state index in [1.54, 1.807) is 0 Å². The molecule has 2 rings (SSSR count). The second kappa shape index (κ2) is 6.94. The van der Waals surface area contributed by atoms with E-state index in [0.29, 0.717) is 4.90 Å². The number of aromatic nitrogens is 1. The molecule has 1 aromatic heterocycles. The Bertz CT molecular complexity index is 698. The lowest BCUT2D eigenvalue weighted by atomic mass is 9.98. The second-order valence-corrected chi connectivity index (χ2v) is 5.08. The van der Waals surface area contributed by atoms with E-state index < -0.39 is 41.7 Å².